The second-order valence-electron chi connectivity index (χ2n) is 4.01. The van der Waals surface area contributed by atoms with E-state index in [2.05, 4.69) is 15.2 Å². The van der Waals surface area contributed by atoms with Crippen molar-refractivity contribution in [3.8, 4) is 0 Å². The number of carbonyl (C=O) groups is 1. The van der Waals surface area contributed by atoms with E-state index in [-0.39, 0.29) is 17.8 Å². The van der Waals surface area contributed by atoms with E-state index in [0.717, 1.165) is 18.2 Å². The second kappa shape index (κ2) is 5.43. The van der Waals surface area contributed by atoms with Crippen molar-refractivity contribution < 1.29 is 14.1 Å². The van der Waals surface area contributed by atoms with Gasteiger partial charge in [0.15, 0.2) is 0 Å². The number of halogens is 1. The molecular formula is C11H10FN5O3. The summed E-state index contributed by atoms with van der Waals surface area (Å²) < 4.78 is 13.6. The van der Waals surface area contributed by atoms with Gasteiger partial charge in [0.25, 0.3) is 11.6 Å². The number of carbonyl (C=O) groups excluding carboxylic acids is 1. The Hall–Kier alpha value is -2.84. The van der Waals surface area contributed by atoms with E-state index in [1.807, 2.05) is 0 Å². The fraction of sp³-hybridized carbons (Fsp3) is 0.182. The van der Waals surface area contributed by atoms with Crippen LogP contribution in [-0.4, -0.2) is 38.0 Å². The van der Waals surface area contributed by atoms with E-state index in [1.54, 1.807) is 0 Å². The molecule has 0 radical (unpaired) electrons. The highest BCUT2D eigenvalue weighted by Gasteiger charge is 2.20. The van der Waals surface area contributed by atoms with Gasteiger partial charge < -0.3 is 4.90 Å². The molecule has 0 saturated carbocycles. The van der Waals surface area contributed by atoms with Crippen LogP contribution in [0, 0.1) is 15.9 Å². The molecule has 1 aromatic carbocycles. The quantitative estimate of drug-likeness (QED) is 0.667. The number of aromatic amines is 1. The monoisotopic (exact) mass is 279 g/mol. The second-order valence-corrected chi connectivity index (χ2v) is 4.01. The molecule has 0 unspecified atom stereocenters. The maximum atomic E-state index is 13.6. The molecule has 9 heteroatoms. The van der Waals surface area contributed by atoms with Gasteiger partial charge in [-0.1, -0.05) is 0 Å². The third kappa shape index (κ3) is 2.76. The van der Waals surface area contributed by atoms with Gasteiger partial charge in [-0.05, 0) is 6.07 Å². The van der Waals surface area contributed by atoms with Crippen molar-refractivity contribution in [3.63, 3.8) is 0 Å². The van der Waals surface area contributed by atoms with Gasteiger partial charge in [0.2, 0.25) is 0 Å². The average Bonchev–Trinajstić information content (AvgIpc) is 2.91. The minimum absolute atomic E-state index is 0.0843. The van der Waals surface area contributed by atoms with Gasteiger partial charge in [-0.25, -0.2) is 9.37 Å². The lowest BCUT2D eigenvalue weighted by Gasteiger charge is -2.15. The maximum absolute atomic E-state index is 13.6. The average molecular weight is 279 g/mol. The molecule has 0 aliphatic rings. The molecule has 20 heavy (non-hydrogen) atoms. The molecule has 0 fully saturated rings. The van der Waals surface area contributed by atoms with E-state index < -0.39 is 16.6 Å². The number of nitro groups is 1. The molecule has 1 N–H and O–H groups in total. The zero-order valence-corrected chi connectivity index (χ0v) is 10.4. The van der Waals surface area contributed by atoms with Crippen LogP contribution in [0.4, 0.5) is 10.1 Å². The van der Waals surface area contributed by atoms with Crippen LogP contribution < -0.4 is 0 Å². The minimum Gasteiger partial charge on any atom is -0.334 e. The number of rotatable bonds is 4. The van der Waals surface area contributed by atoms with Crippen LogP contribution in [-0.2, 0) is 6.54 Å². The standard InChI is InChI=1S/C11H10FN5O3/c1-16(5-10-13-6-14-15-10)11(18)8-4-7(17(19)20)2-3-9(8)12/h2-4,6H,5H2,1H3,(H,13,14,15). The Bertz CT molecular complexity index is 644. The first-order valence-corrected chi connectivity index (χ1v) is 5.52. The normalized spacial score (nSPS) is 10.3. The van der Waals surface area contributed by atoms with E-state index in [4.69, 9.17) is 0 Å². The number of nitrogens with one attached hydrogen (secondary N) is 1. The van der Waals surface area contributed by atoms with Gasteiger partial charge in [-0.2, -0.15) is 5.10 Å². The Morgan fingerprint density at radius 2 is 2.30 bits per heavy atom. The number of aromatic nitrogens is 3. The molecule has 0 saturated heterocycles. The van der Waals surface area contributed by atoms with Crippen molar-refractivity contribution in [1.82, 2.24) is 20.1 Å². The topological polar surface area (TPSA) is 105 Å². The molecule has 8 nitrogen and oxygen atoms in total. The van der Waals surface area contributed by atoms with Crippen molar-refractivity contribution >= 4 is 11.6 Å². The Kier molecular flexibility index (Phi) is 3.69. The van der Waals surface area contributed by atoms with Crippen LogP contribution in [0.25, 0.3) is 0 Å². The van der Waals surface area contributed by atoms with Crippen LogP contribution in [0.1, 0.15) is 16.2 Å². The van der Waals surface area contributed by atoms with Crippen LogP contribution >= 0.6 is 0 Å². The van der Waals surface area contributed by atoms with Crippen LogP contribution in [0.3, 0.4) is 0 Å². The number of nitrogens with zero attached hydrogens (tertiary/aromatic N) is 4. The molecule has 1 aromatic heterocycles. The summed E-state index contributed by atoms with van der Waals surface area (Å²) in [4.78, 5) is 27.0. The van der Waals surface area contributed by atoms with E-state index >= 15 is 0 Å². The number of non-ortho nitro benzene ring substituents is 1. The van der Waals surface area contributed by atoms with Gasteiger partial charge in [0.05, 0.1) is 17.0 Å². The molecule has 2 aromatic rings. The summed E-state index contributed by atoms with van der Waals surface area (Å²) in [6, 6.07) is 2.81. The van der Waals surface area contributed by atoms with E-state index in [9.17, 15) is 19.3 Å². The first-order valence-electron chi connectivity index (χ1n) is 5.52. The summed E-state index contributed by atoms with van der Waals surface area (Å²) in [6.45, 7) is 0.0843. The Morgan fingerprint density at radius 3 is 2.90 bits per heavy atom. The smallest absolute Gasteiger partial charge is 0.270 e. The molecular weight excluding hydrogens is 269 g/mol. The molecule has 104 valence electrons. The van der Waals surface area contributed by atoms with Crippen molar-refractivity contribution in [1.29, 1.82) is 0 Å². The lowest BCUT2D eigenvalue weighted by Crippen LogP contribution is -2.27. The molecule has 1 amide bonds. The summed E-state index contributed by atoms with van der Waals surface area (Å²) >= 11 is 0. The van der Waals surface area contributed by atoms with Gasteiger partial charge in [-0.3, -0.25) is 20.0 Å². The predicted molar refractivity (Wildman–Crippen MR) is 65.2 cm³/mol. The van der Waals surface area contributed by atoms with Gasteiger partial charge in [0, 0.05) is 19.2 Å². The summed E-state index contributed by atoms with van der Waals surface area (Å²) in [6.07, 6.45) is 1.28. The molecule has 1 heterocycles. The lowest BCUT2D eigenvalue weighted by molar-refractivity contribution is -0.384. The zero-order chi connectivity index (χ0) is 14.7. The Balaban J connectivity index is 2.23. The molecule has 0 aliphatic heterocycles. The van der Waals surface area contributed by atoms with Crippen molar-refractivity contribution in [2.45, 2.75) is 6.54 Å². The van der Waals surface area contributed by atoms with Crippen LogP contribution in [0.2, 0.25) is 0 Å². The molecule has 0 atom stereocenters. The van der Waals surface area contributed by atoms with Gasteiger partial charge in [0.1, 0.15) is 18.0 Å². The Morgan fingerprint density at radius 1 is 1.55 bits per heavy atom. The number of H-pyrrole nitrogens is 1. The van der Waals surface area contributed by atoms with Crippen molar-refractivity contribution in [3.05, 3.63) is 51.8 Å². The largest absolute Gasteiger partial charge is 0.334 e. The number of hydrogen-bond acceptors (Lipinski definition) is 5. The highest BCUT2D eigenvalue weighted by atomic mass is 19.1. The number of amides is 1. The number of nitro benzene ring substituents is 1. The van der Waals surface area contributed by atoms with Crippen LogP contribution in [0.5, 0.6) is 0 Å². The van der Waals surface area contributed by atoms with Crippen LogP contribution in [0.15, 0.2) is 24.5 Å². The van der Waals surface area contributed by atoms with Gasteiger partial charge >= 0.3 is 0 Å². The summed E-state index contributed by atoms with van der Waals surface area (Å²) in [7, 11) is 1.43. The summed E-state index contributed by atoms with van der Waals surface area (Å²) in [5.74, 6) is -1.07. The lowest BCUT2D eigenvalue weighted by atomic mass is 10.1. The molecule has 2 rings (SSSR count). The maximum Gasteiger partial charge on any atom is 0.270 e. The van der Waals surface area contributed by atoms with E-state index in [1.165, 1.54) is 18.3 Å². The highest BCUT2D eigenvalue weighted by Crippen LogP contribution is 2.18. The van der Waals surface area contributed by atoms with Crippen molar-refractivity contribution in [2.24, 2.45) is 0 Å². The fourth-order valence-electron chi connectivity index (χ4n) is 1.60. The molecule has 0 spiro atoms. The first-order chi connectivity index (χ1) is 9.49. The summed E-state index contributed by atoms with van der Waals surface area (Å²) in [5, 5.41) is 16.8. The number of benzene rings is 1. The molecule has 0 aliphatic carbocycles. The molecule has 0 bridgehead atoms. The van der Waals surface area contributed by atoms with Crippen molar-refractivity contribution in [2.75, 3.05) is 7.05 Å². The minimum atomic E-state index is -0.815. The fourth-order valence-corrected chi connectivity index (χ4v) is 1.60. The van der Waals surface area contributed by atoms with Gasteiger partial charge in [-0.15, -0.1) is 0 Å². The first kappa shape index (κ1) is 13.6. The summed E-state index contributed by atoms with van der Waals surface area (Å²) in [5.41, 5.74) is -0.705. The van der Waals surface area contributed by atoms with E-state index in [0.29, 0.717) is 5.82 Å². The highest BCUT2D eigenvalue weighted by molar-refractivity contribution is 5.94. The predicted octanol–water partition coefficient (Wildman–Crippen LogP) is 1.12. The zero-order valence-electron chi connectivity index (χ0n) is 10.4. The third-order valence-corrected chi connectivity index (χ3v) is 2.59. The SMILES string of the molecule is CN(Cc1ncn[nH]1)C(=O)c1cc([N+](=O)[O-])ccc1F. The third-order valence-electron chi connectivity index (χ3n) is 2.59. The number of hydrogen-bond donors (Lipinski definition) is 1. The Labute approximate surface area is 112 Å².